The molecule has 3 heterocycles. The van der Waals surface area contributed by atoms with Crippen LogP contribution in [0.25, 0.3) is 0 Å². The van der Waals surface area contributed by atoms with Gasteiger partial charge in [-0.3, -0.25) is 0 Å². The summed E-state index contributed by atoms with van der Waals surface area (Å²) in [5.41, 5.74) is 3.74. The van der Waals surface area contributed by atoms with Crippen molar-refractivity contribution in [1.29, 1.82) is 0 Å². The first-order chi connectivity index (χ1) is 12.9. The summed E-state index contributed by atoms with van der Waals surface area (Å²) in [4.78, 5) is 11.5. The van der Waals surface area contributed by atoms with Gasteiger partial charge in [0.05, 0.1) is 12.3 Å². The Hall–Kier alpha value is -2.24. The molecule has 0 N–H and O–H groups in total. The lowest BCUT2D eigenvalue weighted by Crippen LogP contribution is -2.25. The molecule has 2 aliphatic carbocycles. The quantitative estimate of drug-likeness (QED) is 0.825. The maximum absolute atomic E-state index is 5.91. The molecule has 0 spiro atoms. The van der Waals surface area contributed by atoms with Crippen LogP contribution in [0.2, 0.25) is 0 Å². The lowest BCUT2D eigenvalue weighted by Gasteiger charge is -2.24. The summed E-state index contributed by atoms with van der Waals surface area (Å²) < 4.78 is 5.91. The lowest BCUT2D eigenvalue weighted by molar-refractivity contribution is 0.249. The van der Waals surface area contributed by atoms with E-state index in [0.717, 1.165) is 43.9 Å². The van der Waals surface area contributed by atoms with E-state index < -0.39 is 0 Å². The summed E-state index contributed by atoms with van der Waals surface area (Å²) in [6.45, 7) is 2.74. The first kappa shape index (κ1) is 16.0. The highest BCUT2D eigenvalue weighted by Gasteiger charge is 2.28. The predicted octanol–water partition coefficient (Wildman–Crippen LogP) is 2.93. The van der Waals surface area contributed by atoms with Gasteiger partial charge in [0.25, 0.3) is 0 Å². The molecule has 1 atom stereocenters. The summed E-state index contributed by atoms with van der Waals surface area (Å²) >= 11 is 0. The van der Waals surface area contributed by atoms with Gasteiger partial charge in [-0.15, -0.1) is 5.10 Å². The number of rotatable bonds is 5. The van der Waals surface area contributed by atoms with E-state index in [0.29, 0.717) is 24.3 Å². The summed E-state index contributed by atoms with van der Waals surface area (Å²) in [5, 5.41) is 8.52. The van der Waals surface area contributed by atoms with E-state index in [-0.39, 0.29) is 0 Å². The highest BCUT2D eigenvalue weighted by atomic mass is 16.5. The Bertz CT molecular complexity index is 774. The molecule has 26 heavy (non-hydrogen) atoms. The fraction of sp³-hybridized carbons (Fsp3) is 0.600. The molecule has 6 nitrogen and oxygen atoms in total. The molecule has 0 bridgehead atoms. The van der Waals surface area contributed by atoms with Gasteiger partial charge >= 0.3 is 0 Å². The van der Waals surface area contributed by atoms with Crippen LogP contribution in [0.5, 0.6) is 5.88 Å². The number of ether oxygens (including phenoxy) is 1. The third kappa shape index (κ3) is 3.24. The molecular weight excluding hydrogens is 326 g/mol. The monoisotopic (exact) mass is 351 g/mol. The Kier molecular flexibility index (Phi) is 4.19. The second kappa shape index (κ2) is 6.82. The van der Waals surface area contributed by atoms with Crippen molar-refractivity contribution in [3.05, 3.63) is 35.4 Å². The largest absolute Gasteiger partial charge is 0.476 e. The molecule has 2 aromatic rings. The third-order valence-electron chi connectivity index (χ3n) is 5.81. The molecule has 1 saturated heterocycles. The number of fused-ring (bicyclic) bond motifs is 1. The molecule has 2 fully saturated rings. The fourth-order valence-electron chi connectivity index (χ4n) is 4.14. The van der Waals surface area contributed by atoms with Gasteiger partial charge in [-0.1, -0.05) is 0 Å². The molecule has 3 aliphatic rings. The number of aryl methyl sites for hydroxylation is 1. The van der Waals surface area contributed by atoms with Crippen molar-refractivity contribution in [2.24, 2.45) is 5.92 Å². The van der Waals surface area contributed by atoms with Gasteiger partial charge in [-0.05, 0) is 51.0 Å². The first-order valence-electron chi connectivity index (χ1n) is 9.91. The van der Waals surface area contributed by atoms with Gasteiger partial charge in [0.15, 0.2) is 0 Å². The maximum Gasteiger partial charge on any atom is 0.233 e. The highest BCUT2D eigenvalue weighted by molar-refractivity contribution is 5.50. The van der Waals surface area contributed by atoms with E-state index in [2.05, 4.69) is 31.1 Å². The molecule has 2 aromatic heterocycles. The van der Waals surface area contributed by atoms with Crippen molar-refractivity contribution in [1.82, 2.24) is 20.2 Å². The zero-order valence-corrected chi connectivity index (χ0v) is 15.1. The van der Waals surface area contributed by atoms with Crippen LogP contribution in [0, 0.1) is 5.92 Å². The normalized spacial score (nSPS) is 22.3. The highest BCUT2D eigenvalue weighted by Crippen LogP contribution is 2.38. The molecule has 6 heteroatoms. The van der Waals surface area contributed by atoms with E-state index in [1.807, 2.05) is 6.07 Å². The fourth-order valence-corrected chi connectivity index (χ4v) is 4.14. The molecule has 0 aromatic carbocycles. The molecule has 1 unspecified atom stereocenters. The molecule has 0 amide bonds. The standard InChI is InChI=1S/C20H25N5O/c1-2-4-18-16(3-1)20(22-13-21-18)25-10-9-14(11-25)12-26-19-8-7-17(23-24-19)15-5-6-15/h7-8,13-15H,1-6,9-12H2. The number of anilines is 1. The predicted molar refractivity (Wildman–Crippen MR) is 98.5 cm³/mol. The van der Waals surface area contributed by atoms with Gasteiger partial charge in [0.2, 0.25) is 5.88 Å². The average Bonchev–Trinajstić information content (AvgIpc) is 3.44. The van der Waals surface area contributed by atoms with Crippen molar-refractivity contribution >= 4 is 5.82 Å². The van der Waals surface area contributed by atoms with E-state index in [1.54, 1.807) is 6.33 Å². The van der Waals surface area contributed by atoms with Crippen LogP contribution in [0.3, 0.4) is 0 Å². The third-order valence-corrected chi connectivity index (χ3v) is 5.81. The molecule has 1 saturated carbocycles. The summed E-state index contributed by atoms with van der Waals surface area (Å²) in [7, 11) is 0. The van der Waals surface area contributed by atoms with Crippen molar-refractivity contribution < 1.29 is 4.74 Å². The Labute approximate surface area is 154 Å². The Morgan fingerprint density at radius 2 is 1.96 bits per heavy atom. The SMILES string of the molecule is c1nc2c(c(N3CCC(COc4ccc(C5CC5)nn4)C3)n1)CCCC2. The van der Waals surface area contributed by atoms with Crippen LogP contribution in [-0.4, -0.2) is 39.9 Å². The number of hydrogen-bond donors (Lipinski definition) is 0. The van der Waals surface area contributed by atoms with Crippen LogP contribution in [0.4, 0.5) is 5.82 Å². The van der Waals surface area contributed by atoms with Gasteiger partial charge < -0.3 is 9.64 Å². The zero-order valence-electron chi connectivity index (χ0n) is 15.1. The van der Waals surface area contributed by atoms with Crippen molar-refractivity contribution in [2.45, 2.75) is 50.9 Å². The average molecular weight is 351 g/mol. The van der Waals surface area contributed by atoms with Crippen molar-refractivity contribution in [3.8, 4) is 5.88 Å². The van der Waals surface area contributed by atoms with E-state index in [9.17, 15) is 0 Å². The van der Waals surface area contributed by atoms with Crippen molar-refractivity contribution in [2.75, 3.05) is 24.6 Å². The summed E-state index contributed by atoms with van der Waals surface area (Å²) in [6, 6.07) is 4.03. The Morgan fingerprint density at radius 1 is 1.04 bits per heavy atom. The van der Waals surface area contributed by atoms with Crippen LogP contribution in [0.1, 0.15) is 55.0 Å². The van der Waals surface area contributed by atoms with Gasteiger partial charge in [-0.2, -0.15) is 5.10 Å². The maximum atomic E-state index is 5.91. The molecule has 0 radical (unpaired) electrons. The van der Waals surface area contributed by atoms with E-state index >= 15 is 0 Å². The second-order valence-electron chi connectivity index (χ2n) is 7.81. The van der Waals surface area contributed by atoms with Crippen LogP contribution in [-0.2, 0) is 12.8 Å². The van der Waals surface area contributed by atoms with Gasteiger partial charge in [-0.25, -0.2) is 9.97 Å². The topological polar surface area (TPSA) is 64.0 Å². The van der Waals surface area contributed by atoms with Crippen LogP contribution >= 0.6 is 0 Å². The van der Waals surface area contributed by atoms with Gasteiger partial charge in [0, 0.05) is 42.2 Å². The number of hydrogen-bond acceptors (Lipinski definition) is 6. The Morgan fingerprint density at radius 3 is 2.81 bits per heavy atom. The minimum atomic E-state index is 0.508. The minimum Gasteiger partial charge on any atom is -0.476 e. The van der Waals surface area contributed by atoms with E-state index in [1.165, 1.54) is 36.9 Å². The summed E-state index contributed by atoms with van der Waals surface area (Å²) in [6.07, 6.45) is 10.1. The molecule has 5 rings (SSSR count). The van der Waals surface area contributed by atoms with E-state index in [4.69, 9.17) is 4.74 Å². The van der Waals surface area contributed by atoms with Gasteiger partial charge in [0.1, 0.15) is 12.1 Å². The second-order valence-corrected chi connectivity index (χ2v) is 7.81. The molecular formula is C20H25N5O. The van der Waals surface area contributed by atoms with Crippen LogP contribution < -0.4 is 9.64 Å². The van der Waals surface area contributed by atoms with Crippen molar-refractivity contribution in [3.63, 3.8) is 0 Å². The lowest BCUT2D eigenvalue weighted by atomic mass is 9.96. The van der Waals surface area contributed by atoms with Crippen LogP contribution in [0.15, 0.2) is 18.5 Å². The molecule has 136 valence electrons. The number of aromatic nitrogens is 4. The molecule has 1 aliphatic heterocycles. The summed E-state index contributed by atoms with van der Waals surface area (Å²) in [5.74, 6) is 2.95. The number of nitrogens with zero attached hydrogens (tertiary/aromatic N) is 5. The smallest absolute Gasteiger partial charge is 0.233 e. The zero-order chi connectivity index (χ0) is 17.3. The first-order valence-corrected chi connectivity index (χ1v) is 9.91. The Balaban J connectivity index is 1.20. The minimum absolute atomic E-state index is 0.508.